The zero-order valence-electron chi connectivity index (χ0n) is 12.7. The summed E-state index contributed by atoms with van der Waals surface area (Å²) in [6.07, 6.45) is 2.33. The molecule has 0 amide bonds. The number of nitrogens with zero attached hydrogens (tertiary/aromatic N) is 2. The molecule has 0 aliphatic heterocycles. The summed E-state index contributed by atoms with van der Waals surface area (Å²) >= 11 is 0. The lowest BCUT2D eigenvalue weighted by Crippen LogP contribution is -2.17. The first-order valence-electron chi connectivity index (χ1n) is 6.98. The highest BCUT2D eigenvalue weighted by Gasteiger charge is 2.21. The lowest BCUT2D eigenvalue weighted by Gasteiger charge is -2.04. The fraction of sp³-hybridized carbons (Fsp3) is 0.125. The number of ketones is 2. The fourth-order valence-electron chi connectivity index (χ4n) is 1.99. The molecule has 2 aromatic heterocycles. The molecule has 24 heavy (non-hydrogen) atoms. The van der Waals surface area contributed by atoms with Crippen LogP contribution in [0.4, 0.5) is 0 Å². The first-order valence-corrected chi connectivity index (χ1v) is 6.98. The average Bonchev–Trinajstić information content (AvgIpc) is 3.26. The number of benzene rings is 1. The van der Waals surface area contributed by atoms with E-state index in [1.165, 1.54) is 6.26 Å². The normalized spacial score (nSPS) is 10.4. The van der Waals surface area contributed by atoms with E-state index in [0.717, 1.165) is 6.33 Å². The number of hydrogen-bond acceptors (Lipinski definition) is 7. The summed E-state index contributed by atoms with van der Waals surface area (Å²) in [6.45, 7) is 0. The molecule has 0 atom stereocenters. The number of rotatable bonds is 7. The first-order chi connectivity index (χ1) is 11.7. The van der Waals surface area contributed by atoms with E-state index in [2.05, 4.69) is 15.2 Å². The molecule has 0 radical (unpaired) electrons. The molecular weight excluding hydrogens is 314 g/mol. The molecule has 122 valence electrons. The zero-order valence-corrected chi connectivity index (χ0v) is 12.7. The van der Waals surface area contributed by atoms with Gasteiger partial charge in [0.05, 0.1) is 13.5 Å². The number of ether oxygens (including phenoxy) is 2. The highest BCUT2D eigenvalue weighted by molar-refractivity contribution is 6.42. The minimum Gasteiger partial charge on any atom is -0.497 e. The first kappa shape index (κ1) is 15.5. The Hall–Kier alpha value is -3.42. The highest BCUT2D eigenvalue weighted by Crippen LogP contribution is 2.26. The Morgan fingerprint density at radius 3 is 2.79 bits per heavy atom. The van der Waals surface area contributed by atoms with Gasteiger partial charge in [0.15, 0.2) is 11.6 Å². The van der Waals surface area contributed by atoms with Gasteiger partial charge in [-0.15, -0.1) is 0 Å². The van der Waals surface area contributed by atoms with Gasteiger partial charge in [-0.3, -0.25) is 14.7 Å². The lowest BCUT2D eigenvalue weighted by atomic mass is 10.1. The van der Waals surface area contributed by atoms with Gasteiger partial charge in [-0.2, -0.15) is 5.10 Å². The molecule has 2 heterocycles. The molecule has 8 nitrogen and oxygen atoms in total. The van der Waals surface area contributed by atoms with Crippen LogP contribution in [0.15, 0.2) is 47.3 Å². The summed E-state index contributed by atoms with van der Waals surface area (Å²) in [4.78, 5) is 27.4. The Morgan fingerprint density at radius 1 is 1.21 bits per heavy atom. The van der Waals surface area contributed by atoms with Gasteiger partial charge < -0.3 is 13.9 Å². The molecule has 0 unspecified atom stereocenters. The number of hydrogen-bond donors (Lipinski definition) is 1. The van der Waals surface area contributed by atoms with E-state index in [0.29, 0.717) is 23.0 Å². The van der Waals surface area contributed by atoms with Crippen LogP contribution in [0.5, 0.6) is 17.2 Å². The van der Waals surface area contributed by atoms with Gasteiger partial charge in [-0.25, -0.2) is 4.98 Å². The van der Waals surface area contributed by atoms with Gasteiger partial charge in [0, 0.05) is 12.1 Å². The van der Waals surface area contributed by atoms with Crippen molar-refractivity contribution < 1.29 is 23.5 Å². The maximum absolute atomic E-state index is 11.9. The van der Waals surface area contributed by atoms with Crippen molar-refractivity contribution in [2.75, 3.05) is 7.11 Å². The Kier molecular flexibility index (Phi) is 4.37. The topological polar surface area (TPSA) is 107 Å². The summed E-state index contributed by atoms with van der Waals surface area (Å²) in [5, 5.41) is 5.89. The molecule has 0 fully saturated rings. The summed E-state index contributed by atoms with van der Waals surface area (Å²) in [6, 6.07) is 8.60. The van der Waals surface area contributed by atoms with Crippen molar-refractivity contribution in [1.82, 2.24) is 15.2 Å². The number of aromatic nitrogens is 3. The van der Waals surface area contributed by atoms with Crippen LogP contribution in [0.25, 0.3) is 0 Å². The van der Waals surface area contributed by atoms with E-state index >= 15 is 0 Å². The predicted octanol–water partition coefficient (Wildman–Crippen LogP) is 2.19. The average molecular weight is 327 g/mol. The largest absolute Gasteiger partial charge is 0.497 e. The summed E-state index contributed by atoms with van der Waals surface area (Å²) in [5.41, 5.74) is 0. The molecule has 1 N–H and O–H groups in total. The molecule has 0 saturated carbocycles. The van der Waals surface area contributed by atoms with Crippen molar-refractivity contribution in [3.8, 4) is 17.2 Å². The molecule has 1 aromatic carbocycles. The quantitative estimate of drug-likeness (QED) is 0.523. The van der Waals surface area contributed by atoms with Gasteiger partial charge in [0.1, 0.15) is 29.8 Å². The van der Waals surface area contributed by atoms with Gasteiger partial charge in [0.25, 0.3) is 5.78 Å². The van der Waals surface area contributed by atoms with E-state index in [4.69, 9.17) is 13.9 Å². The van der Waals surface area contributed by atoms with Gasteiger partial charge in [-0.1, -0.05) is 6.07 Å². The Labute approximate surface area is 136 Å². The number of carbonyl (C=O) groups is 2. The van der Waals surface area contributed by atoms with Crippen LogP contribution in [0, 0.1) is 0 Å². The van der Waals surface area contributed by atoms with Crippen LogP contribution >= 0.6 is 0 Å². The summed E-state index contributed by atoms with van der Waals surface area (Å²) < 4.78 is 16.0. The number of carbonyl (C=O) groups excluding carboxylic acids is 2. The summed E-state index contributed by atoms with van der Waals surface area (Å²) in [5.74, 6) is 0.436. The zero-order chi connectivity index (χ0) is 16.9. The number of Topliss-reactive ketones (excluding diaryl/α,β-unsaturated/α-hetero) is 2. The Morgan fingerprint density at radius 2 is 2.04 bits per heavy atom. The predicted molar refractivity (Wildman–Crippen MR) is 81.2 cm³/mol. The third-order valence-corrected chi connectivity index (χ3v) is 3.12. The van der Waals surface area contributed by atoms with Crippen LogP contribution in [-0.4, -0.2) is 33.9 Å². The molecule has 3 aromatic rings. The third-order valence-electron chi connectivity index (χ3n) is 3.12. The van der Waals surface area contributed by atoms with Crippen LogP contribution in [0.2, 0.25) is 0 Å². The van der Waals surface area contributed by atoms with Crippen LogP contribution in [0.1, 0.15) is 16.4 Å². The number of methoxy groups -OCH3 is 1. The number of nitrogens with one attached hydrogen (secondary N) is 1. The second-order valence-electron chi connectivity index (χ2n) is 4.79. The van der Waals surface area contributed by atoms with Gasteiger partial charge in [-0.05, 0) is 12.1 Å². The SMILES string of the molecule is COc1cccc(Oc2coc(CC(=O)C(=O)c3ncn[nH]3)c2)c1. The molecule has 0 bridgehead atoms. The standard InChI is InChI=1S/C16H13N3O5/c1-22-10-3-2-4-11(5-10)24-13-6-12(23-8-13)7-14(20)15(21)16-17-9-18-19-16/h2-6,8-9H,7H2,1H3,(H,17,18,19). The molecule has 0 saturated heterocycles. The van der Waals surface area contributed by atoms with Crippen molar-refractivity contribution >= 4 is 11.6 Å². The van der Waals surface area contributed by atoms with E-state index in [1.807, 2.05) is 0 Å². The number of aromatic amines is 1. The minimum absolute atomic E-state index is 0.0978. The van der Waals surface area contributed by atoms with E-state index in [1.54, 1.807) is 37.4 Å². The molecular formula is C16H13N3O5. The van der Waals surface area contributed by atoms with Crippen molar-refractivity contribution in [3.05, 3.63) is 54.5 Å². The van der Waals surface area contributed by atoms with Crippen LogP contribution in [-0.2, 0) is 11.2 Å². The molecule has 0 spiro atoms. The van der Waals surface area contributed by atoms with Crippen molar-refractivity contribution in [3.63, 3.8) is 0 Å². The molecule has 3 rings (SSSR count). The minimum atomic E-state index is -0.751. The maximum atomic E-state index is 11.9. The van der Waals surface area contributed by atoms with E-state index < -0.39 is 11.6 Å². The lowest BCUT2D eigenvalue weighted by molar-refractivity contribution is -0.114. The monoisotopic (exact) mass is 327 g/mol. The van der Waals surface area contributed by atoms with Crippen molar-refractivity contribution in [2.24, 2.45) is 0 Å². The van der Waals surface area contributed by atoms with Crippen molar-refractivity contribution in [2.45, 2.75) is 6.42 Å². The van der Waals surface area contributed by atoms with E-state index in [9.17, 15) is 9.59 Å². The Bertz CT molecular complexity index is 854. The molecule has 8 heteroatoms. The molecule has 0 aliphatic rings. The third kappa shape index (κ3) is 3.49. The van der Waals surface area contributed by atoms with Gasteiger partial charge >= 0.3 is 0 Å². The second kappa shape index (κ2) is 6.78. The van der Waals surface area contributed by atoms with E-state index in [-0.39, 0.29) is 12.2 Å². The smallest absolute Gasteiger partial charge is 0.265 e. The summed E-state index contributed by atoms with van der Waals surface area (Å²) in [7, 11) is 1.56. The van der Waals surface area contributed by atoms with Crippen LogP contribution in [0.3, 0.4) is 0 Å². The number of furan rings is 1. The Balaban J connectivity index is 1.65. The van der Waals surface area contributed by atoms with Gasteiger partial charge in [0.2, 0.25) is 5.78 Å². The second-order valence-corrected chi connectivity index (χ2v) is 4.79. The highest BCUT2D eigenvalue weighted by atomic mass is 16.5. The van der Waals surface area contributed by atoms with Crippen molar-refractivity contribution in [1.29, 1.82) is 0 Å². The number of H-pyrrole nitrogens is 1. The fourth-order valence-corrected chi connectivity index (χ4v) is 1.99. The molecule has 0 aliphatic carbocycles. The maximum Gasteiger partial charge on any atom is 0.265 e. The van der Waals surface area contributed by atoms with Crippen LogP contribution < -0.4 is 9.47 Å².